The van der Waals surface area contributed by atoms with E-state index in [0.717, 1.165) is 49.7 Å². The fourth-order valence-corrected chi connectivity index (χ4v) is 8.00. The molecule has 3 amide bonds. The lowest BCUT2D eigenvalue weighted by Gasteiger charge is -2.47. The summed E-state index contributed by atoms with van der Waals surface area (Å²) in [5, 5.41) is 38.4. The summed E-state index contributed by atoms with van der Waals surface area (Å²) in [6.45, 7) is 4.21. The quantitative estimate of drug-likeness (QED) is 0.0458. The van der Waals surface area contributed by atoms with E-state index in [1.54, 1.807) is 4.90 Å². The molecule has 1 saturated heterocycles. The first-order valence-electron chi connectivity index (χ1n) is 23.5. The maximum Gasteiger partial charge on any atom is 0.408 e. The molecule has 0 radical (unpaired) electrons. The molecule has 1 aliphatic heterocycles. The molecule has 60 heavy (non-hydrogen) atoms. The van der Waals surface area contributed by atoms with E-state index in [0.29, 0.717) is 19.4 Å². The fraction of sp³-hybridized carbons (Fsp3) is 0.694. The SMILES string of the molecule is CCCCCCCCCCCCCCN(C(=O)CCCCCCCCCCC)[C@@H]1O[C@H](CO)[C@@H](O)[C@H](O)[C@H]1NC(=O)[C@H](Cc1ccccc1)NC(=O)OCc1ccccc1. The summed E-state index contributed by atoms with van der Waals surface area (Å²) >= 11 is 0. The first-order chi connectivity index (χ1) is 29.3. The van der Waals surface area contributed by atoms with Gasteiger partial charge >= 0.3 is 6.09 Å². The number of alkyl carbamates (subject to hydrolysis) is 1. The molecule has 0 unspecified atom stereocenters. The molecule has 338 valence electrons. The summed E-state index contributed by atoms with van der Waals surface area (Å²) in [5.74, 6) is -0.798. The number of carbonyl (C=O) groups excluding carboxylic acids is 3. The topological polar surface area (TPSA) is 158 Å². The number of rotatable bonds is 32. The predicted molar refractivity (Wildman–Crippen MR) is 238 cm³/mol. The van der Waals surface area contributed by atoms with Crippen LogP contribution in [0.4, 0.5) is 4.79 Å². The first kappa shape index (κ1) is 50.8. The van der Waals surface area contributed by atoms with Crippen molar-refractivity contribution in [2.75, 3.05) is 13.2 Å². The molecule has 1 heterocycles. The van der Waals surface area contributed by atoms with Crippen LogP contribution in [0.15, 0.2) is 60.7 Å². The number of ether oxygens (including phenoxy) is 2. The molecular weight excluding hydrogens is 759 g/mol. The number of nitrogens with zero attached hydrogens (tertiary/aromatic N) is 1. The smallest absolute Gasteiger partial charge is 0.408 e. The van der Waals surface area contributed by atoms with Crippen LogP contribution in [0, 0.1) is 0 Å². The summed E-state index contributed by atoms with van der Waals surface area (Å²) in [5.41, 5.74) is 1.57. The molecule has 5 N–H and O–H groups in total. The van der Waals surface area contributed by atoms with Crippen molar-refractivity contribution in [2.24, 2.45) is 0 Å². The number of amides is 3. The van der Waals surface area contributed by atoms with Crippen LogP contribution in [0.2, 0.25) is 0 Å². The minimum absolute atomic E-state index is 0.00744. The van der Waals surface area contributed by atoms with E-state index >= 15 is 0 Å². The first-order valence-corrected chi connectivity index (χ1v) is 23.5. The van der Waals surface area contributed by atoms with Crippen LogP contribution < -0.4 is 10.6 Å². The van der Waals surface area contributed by atoms with E-state index in [4.69, 9.17) is 9.47 Å². The molecule has 11 heteroatoms. The zero-order valence-electron chi connectivity index (χ0n) is 37.0. The predicted octanol–water partition coefficient (Wildman–Crippen LogP) is 8.90. The summed E-state index contributed by atoms with van der Waals surface area (Å²) in [4.78, 5) is 43.1. The second kappa shape index (κ2) is 31.4. The van der Waals surface area contributed by atoms with Crippen molar-refractivity contribution in [2.45, 2.75) is 205 Å². The van der Waals surface area contributed by atoms with Gasteiger partial charge in [-0.15, -0.1) is 0 Å². The van der Waals surface area contributed by atoms with E-state index in [9.17, 15) is 29.7 Å². The lowest BCUT2D eigenvalue weighted by Crippen LogP contribution is -2.70. The van der Waals surface area contributed by atoms with Crippen LogP contribution in [-0.2, 0) is 32.1 Å². The second-order valence-electron chi connectivity index (χ2n) is 16.8. The number of unbranched alkanes of at least 4 members (excludes halogenated alkanes) is 19. The maximum atomic E-state index is 14.2. The second-order valence-corrected chi connectivity index (χ2v) is 16.8. The number of benzene rings is 2. The molecular formula is C49H79N3O8. The Morgan fingerprint density at radius 3 is 1.67 bits per heavy atom. The van der Waals surface area contributed by atoms with E-state index in [-0.39, 0.29) is 25.4 Å². The number of aliphatic hydroxyl groups is 3. The van der Waals surface area contributed by atoms with Gasteiger partial charge in [-0.3, -0.25) is 9.59 Å². The highest BCUT2D eigenvalue weighted by atomic mass is 16.6. The molecule has 11 nitrogen and oxygen atoms in total. The zero-order valence-corrected chi connectivity index (χ0v) is 37.0. The van der Waals surface area contributed by atoms with Crippen molar-refractivity contribution >= 4 is 17.9 Å². The van der Waals surface area contributed by atoms with Crippen LogP contribution >= 0.6 is 0 Å². The molecule has 0 spiro atoms. The minimum atomic E-state index is -1.57. The number of hydrogen-bond donors (Lipinski definition) is 5. The molecule has 1 fully saturated rings. The monoisotopic (exact) mass is 838 g/mol. The molecule has 0 saturated carbocycles. The van der Waals surface area contributed by atoms with E-state index in [2.05, 4.69) is 24.5 Å². The Kier molecular flexibility index (Phi) is 26.6. The Hall–Kier alpha value is -3.51. The summed E-state index contributed by atoms with van der Waals surface area (Å²) < 4.78 is 11.7. The maximum absolute atomic E-state index is 14.2. The van der Waals surface area contributed by atoms with Gasteiger partial charge in [0.05, 0.1) is 6.61 Å². The van der Waals surface area contributed by atoms with Gasteiger partial charge in [-0.1, -0.05) is 197 Å². The normalized spacial score (nSPS) is 19.4. The molecule has 0 aliphatic carbocycles. The van der Waals surface area contributed by atoms with Gasteiger partial charge in [0.2, 0.25) is 11.8 Å². The largest absolute Gasteiger partial charge is 0.445 e. The molecule has 0 bridgehead atoms. The van der Waals surface area contributed by atoms with E-state index < -0.39 is 55.2 Å². The lowest BCUT2D eigenvalue weighted by molar-refractivity contribution is -0.231. The fourth-order valence-electron chi connectivity index (χ4n) is 8.00. The average Bonchev–Trinajstić information content (AvgIpc) is 3.26. The van der Waals surface area contributed by atoms with Crippen molar-refractivity contribution in [1.82, 2.24) is 15.5 Å². The lowest BCUT2D eigenvalue weighted by atomic mass is 9.94. The zero-order chi connectivity index (χ0) is 43.2. The Morgan fingerprint density at radius 2 is 1.15 bits per heavy atom. The van der Waals surface area contributed by atoms with Crippen molar-refractivity contribution in [3.8, 4) is 0 Å². The number of aliphatic hydroxyl groups excluding tert-OH is 3. The van der Waals surface area contributed by atoms with Gasteiger partial charge in [0.15, 0.2) is 6.23 Å². The van der Waals surface area contributed by atoms with Gasteiger partial charge in [-0.25, -0.2) is 4.79 Å². The van der Waals surface area contributed by atoms with Crippen molar-refractivity contribution in [1.29, 1.82) is 0 Å². The molecule has 6 atom stereocenters. The molecule has 2 aromatic rings. The van der Waals surface area contributed by atoms with Gasteiger partial charge in [0.1, 0.15) is 37.0 Å². The van der Waals surface area contributed by atoms with Gasteiger partial charge in [-0.05, 0) is 24.0 Å². The minimum Gasteiger partial charge on any atom is -0.445 e. The van der Waals surface area contributed by atoms with Crippen LogP contribution in [0.1, 0.15) is 166 Å². The third kappa shape index (κ3) is 19.9. The van der Waals surface area contributed by atoms with Crippen LogP contribution in [0.3, 0.4) is 0 Å². The van der Waals surface area contributed by atoms with Crippen LogP contribution in [0.25, 0.3) is 0 Å². The Bertz CT molecular complexity index is 1420. The Labute approximate surface area is 361 Å². The Balaban J connectivity index is 1.73. The highest BCUT2D eigenvalue weighted by Crippen LogP contribution is 2.26. The molecule has 3 rings (SSSR count). The highest BCUT2D eigenvalue weighted by molar-refractivity contribution is 5.86. The van der Waals surface area contributed by atoms with Crippen molar-refractivity contribution in [3.05, 3.63) is 71.8 Å². The van der Waals surface area contributed by atoms with Crippen LogP contribution in [-0.4, -0.2) is 87.9 Å². The Morgan fingerprint density at radius 1 is 0.667 bits per heavy atom. The van der Waals surface area contributed by atoms with Gasteiger partial charge < -0.3 is 40.3 Å². The van der Waals surface area contributed by atoms with Crippen molar-refractivity contribution in [3.63, 3.8) is 0 Å². The van der Waals surface area contributed by atoms with E-state index in [1.165, 1.54) is 83.5 Å². The summed E-state index contributed by atoms with van der Waals surface area (Å²) in [6.07, 6.45) is 18.1. The van der Waals surface area contributed by atoms with Gasteiger partial charge in [0, 0.05) is 19.4 Å². The average molecular weight is 838 g/mol. The van der Waals surface area contributed by atoms with E-state index in [1.807, 2.05) is 60.7 Å². The van der Waals surface area contributed by atoms with Crippen LogP contribution in [0.5, 0.6) is 0 Å². The number of nitrogens with one attached hydrogen (secondary N) is 2. The number of hydrogen-bond acceptors (Lipinski definition) is 8. The van der Waals surface area contributed by atoms with Crippen molar-refractivity contribution < 1.29 is 39.2 Å². The number of carbonyl (C=O) groups is 3. The van der Waals surface area contributed by atoms with Gasteiger partial charge in [0.25, 0.3) is 0 Å². The standard InChI is InChI=1S/C49H79N3O8/c1-3-5-7-9-11-13-14-15-17-19-21-29-35-52(43(54)34-28-20-18-16-12-10-8-6-4-2)48-44(46(56)45(55)42(37-53)60-48)51-47(57)41(36-39-30-24-22-25-31-39)50-49(58)59-38-40-32-26-23-27-33-40/h22-27,30-33,41-42,44-46,48,53,55-56H,3-21,28-29,34-38H2,1-2H3,(H,50,58)(H,51,57)/t41-,42+,44+,45+,46+,48+/m0/s1. The third-order valence-electron chi connectivity index (χ3n) is 11.7. The summed E-state index contributed by atoms with van der Waals surface area (Å²) in [7, 11) is 0. The highest BCUT2D eigenvalue weighted by Gasteiger charge is 2.48. The molecule has 1 aliphatic rings. The van der Waals surface area contributed by atoms with Gasteiger partial charge in [-0.2, -0.15) is 0 Å². The third-order valence-corrected chi connectivity index (χ3v) is 11.7. The summed E-state index contributed by atoms with van der Waals surface area (Å²) in [6, 6.07) is 16.1. The molecule has 0 aromatic heterocycles. The molecule has 2 aromatic carbocycles.